The minimum absolute atomic E-state index is 0.489. The van der Waals surface area contributed by atoms with E-state index in [1.165, 1.54) is 103 Å². The summed E-state index contributed by atoms with van der Waals surface area (Å²) in [7, 11) is 0. The standard InChI is InChI=1S/C24H45N/c25-24-15-9-8-14-23(22-12-6-3-7-13-22)19-21(16-17-24)18-20-10-4-1-2-5-11-20/h20-24H,1-19,25H2. The minimum Gasteiger partial charge on any atom is -0.328 e. The molecule has 0 aliphatic heterocycles. The van der Waals surface area contributed by atoms with Crippen molar-refractivity contribution in [2.75, 3.05) is 0 Å². The Morgan fingerprint density at radius 3 is 1.80 bits per heavy atom. The second-order valence-electron chi connectivity index (χ2n) is 9.98. The molecule has 0 aromatic rings. The van der Waals surface area contributed by atoms with Crippen molar-refractivity contribution in [1.29, 1.82) is 0 Å². The third-order valence-corrected chi connectivity index (χ3v) is 7.94. The molecule has 0 spiro atoms. The maximum atomic E-state index is 6.42. The first-order valence-electron chi connectivity index (χ1n) is 12.1. The highest BCUT2D eigenvalue weighted by Gasteiger charge is 2.28. The lowest BCUT2D eigenvalue weighted by molar-refractivity contribution is 0.168. The van der Waals surface area contributed by atoms with Gasteiger partial charge in [0, 0.05) is 6.04 Å². The summed E-state index contributed by atoms with van der Waals surface area (Å²) in [6.45, 7) is 0. The molecule has 3 saturated carbocycles. The van der Waals surface area contributed by atoms with Crippen molar-refractivity contribution in [2.24, 2.45) is 29.4 Å². The van der Waals surface area contributed by atoms with Crippen LogP contribution in [-0.2, 0) is 0 Å². The molecule has 0 aromatic heterocycles. The second kappa shape index (κ2) is 11.0. The molecule has 1 nitrogen and oxygen atoms in total. The van der Waals surface area contributed by atoms with E-state index in [0.29, 0.717) is 6.04 Å². The van der Waals surface area contributed by atoms with E-state index < -0.39 is 0 Å². The molecule has 0 saturated heterocycles. The van der Waals surface area contributed by atoms with E-state index in [4.69, 9.17) is 5.73 Å². The van der Waals surface area contributed by atoms with E-state index in [0.717, 1.165) is 23.7 Å². The topological polar surface area (TPSA) is 26.0 Å². The van der Waals surface area contributed by atoms with Crippen molar-refractivity contribution in [2.45, 2.75) is 128 Å². The normalized spacial score (nSPS) is 35.2. The number of nitrogens with two attached hydrogens (primary N) is 1. The molecule has 0 heterocycles. The Morgan fingerprint density at radius 1 is 0.480 bits per heavy atom. The van der Waals surface area contributed by atoms with Crippen LogP contribution in [0, 0.1) is 23.7 Å². The van der Waals surface area contributed by atoms with Gasteiger partial charge in [0.05, 0.1) is 0 Å². The van der Waals surface area contributed by atoms with E-state index in [1.807, 2.05) is 0 Å². The summed E-state index contributed by atoms with van der Waals surface area (Å²) in [4.78, 5) is 0. The zero-order valence-corrected chi connectivity index (χ0v) is 16.9. The Bertz CT molecular complexity index is 338. The van der Waals surface area contributed by atoms with Crippen LogP contribution in [0.3, 0.4) is 0 Å². The van der Waals surface area contributed by atoms with E-state index >= 15 is 0 Å². The van der Waals surface area contributed by atoms with Crippen molar-refractivity contribution in [3.63, 3.8) is 0 Å². The molecule has 0 aromatic carbocycles. The van der Waals surface area contributed by atoms with Gasteiger partial charge in [0.2, 0.25) is 0 Å². The predicted octanol–water partition coefficient (Wildman–Crippen LogP) is 7.23. The lowest BCUT2D eigenvalue weighted by Gasteiger charge is -2.35. The molecule has 0 radical (unpaired) electrons. The van der Waals surface area contributed by atoms with Crippen LogP contribution in [0.25, 0.3) is 0 Å². The Labute approximate surface area is 157 Å². The Balaban J connectivity index is 1.60. The summed E-state index contributed by atoms with van der Waals surface area (Å²) < 4.78 is 0. The van der Waals surface area contributed by atoms with Crippen LogP contribution in [-0.4, -0.2) is 6.04 Å². The summed E-state index contributed by atoms with van der Waals surface area (Å²) in [5, 5.41) is 0. The zero-order chi connectivity index (χ0) is 17.3. The smallest absolute Gasteiger partial charge is 0.00389 e. The highest BCUT2D eigenvalue weighted by atomic mass is 14.6. The number of hydrogen-bond donors (Lipinski definition) is 1. The van der Waals surface area contributed by atoms with Crippen molar-refractivity contribution in [1.82, 2.24) is 0 Å². The molecule has 3 rings (SSSR count). The van der Waals surface area contributed by atoms with E-state index in [9.17, 15) is 0 Å². The van der Waals surface area contributed by atoms with Crippen LogP contribution in [0.5, 0.6) is 0 Å². The highest BCUT2D eigenvalue weighted by Crippen LogP contribution is 2.40. The SMILES string of the molecule is NC1CCCCC(C2CCCCC2)CC(CC2CCCCCC2)CC1. The fourth-order valence-corrected chi connectivity index (χ4v) is 6.39. The molecule has 0 amide bonds. The summed E-state index contributed by atoms with van der Waals surface area (Å²) >= 11 is 0. The third kappa shape index (κ3) is 6.89. The fraction of sp³-hybridized carbons (Fsp3) is 1.00. The first-order valence-corrected chi connectivity index (χ1v) is 12.1. The molecule has 2 N–H and O–H groups in total. The molecule has 3 aliphatic carbocycles. The van der Waals surface area contributed by atoms with E-state index in [-0.39, 0.29) is 0 Å². The van der Waals surface area contributed by atoms with Crippen LogP contribution in [0.1, 0.15) is 122 Å². The second-order valence-corrected chi connectivity index (χ2v) is 9.98. The van der Waals surface area contributed by atoms with Crippen molar-refractivity contribution in [3.05, 3.63) is 0 Å². The van der Waals surface area contributed by atoms with Crippen LogP contribution >= 0.6 is 0 Å². The van der Waals surface area contributed by atoms with Gasteiger partial charge in [-0.3, -0.25) is 0 Å². The molecule has 3 atom stereocenters. The van der Waals surface area contributed by atoms with Crippen LogP contribution in [0.4, 0.5) is 0 Å². The summed E-state index contributed by atoms with van der Waals surface area (Å²) in [6.07, 6.45) is 28.1. The lowest BCUT2D eigenvalue weighted by atomic mass is 9.71. The lowest BCUT2D eigenvalue weighted by Crippen LogP contribution is -2.26. The molecule has 3 aliphatic rings. The maximum absolute atomic E-state index is 6.42. The molecule has 146 valence electrons. The van der Waals surface area contributed by atoms with Crippen molar-refractivity contribution >= 4 is 0 Å². The number of rotatable bonds is 3. The van der Waals surface area contributed by atoms with Gasteiger partial charge in [-0.2, -0.15) is 0 Å². The van der Waals surface area contributed by atoms with Gasteiger partial charge in [-0.1, -0.05) is 89.9 Å². The van der Waals surface area contributed by atoms with Crippen molar-refractivity contribution in [3.8, 4) is 0 Å². The van der Waals surface area contributed by atoms with Crippen LogP contribution in [0.2, 0.25) is 0 Å². The monoisotopic (exact) mass is 347 g/mol. The van der Waals surface area contributed by atoms with Gasteiger partial charge < -0.3 is 5.73 Å². The zero-order valence-electron chi connectivity index (χ0n) is 16.9. The van der Waals surface area contributed by atoms with Gasteiger partial charge >= 0.3 is 0 Å². The largest absolute Gasteiger partial charge is 0.328 e. The molecule has 1 heteroatoms. The molecule has 3 unspecified atom stereocenters. The fourth-order valence-electron chi connectivity index (χ4n) is 6.39. The number of hydrogen-bond acceptors (Lipinski definition) is 1. The summed E-state index contributed by atoms with van der Waals surface area (Å²) in [5.41, 5.74) is 6.42. The van der Waals surface area contributed by atoms with Gasteiger partial charge in [0.25, 0.3) is 0 Å². The Morgan fingerprint density at radius 2 is 1.04 bits per heavy atom. The molecular weight excluding hydrogens is 302 g/mol. The third-order valence-electron chi connectivity index (χ3n) is 7.94. The highest BCUT2D eigenvalue weighted by molar-refractivity contribution is 4.81. The van der Waals surface area contributed by atoms with Gasteiger partial charge in [-0.25, -0.2) is 0 Å². The van der Waals surface area contributed by atoms with E-state index in [2.05, 4.69) is 0 Å². The predicted molar refractivity (Wildman–Crippen MR) is 110 cm³/mol. The van der Waals surface area contributed by atoms with Crippen molar-refractivity contribution < 1.29 is 0 Å². The van der Waals surface area contributed by atoms with Crippen LogP contribution < -0.4 is 5.73 Å². The first kappa shape index (κ1) is 19.7. The summed E-state index contributed by atoms with van der Waals surface area (Å²) in [6, 6.07) is 0.489. The van der Waals surface area contributed by atoms with Crippen LogP contribution in [0.15, 0.2) is 0 Å². The maximum Gasteiger partial charge on any atom is 0.00389 e. The minimum atomic E-state index is 0.489. The Kier molecular flexibility index (Phi) is 8.64. The summed E-state index contributed by atoms with van der Waals surface area (Å²) in [5.74, 6) is 4.14. The van der Waals surface area contributed by atoms with Gasteiger partial charge in [0.15, 0.2) is 0 Å². The quantitative estimate of drug-likeness (QED) is 0.535. The molecular formula is C24H45N. The molecule has 3 fully saturated rings. The van der Waals surface area contributed by atoms with Gasteiger partial charge in [-0.05, 0) is 55.8 Å². The van der Waals surface area contributed by atoms with Gasteiger partial charge in [0.1, 0.15) is 0 Å². The molecule has 0 bridgehead atoms. The molecule has 25 heavy (non-hydrogen) atoms. The Hall–Kier alpha value is -0.0400. The average molecular weight is 348 g/mol. The first-order chi connectivity index (χ1) is 12.3. The van der Waals surface area contributed by atoms with E-state index in [1.54, 1.807) is 19.3 Å². The van der Waals surface area contributed by atoms with Gasteiger partial charge in [-0.15, -0.1) is 0 Å². The average Bonchev–Trinajstić information content (AvgIpc) is 2.91.